The van der Waals surface area contributed by atoms with Gasteiger partial charge in [-0.25, -0.2) is 4.98 Å². The summed E-state index contributed by atoms with van der Waals surface area (Å²) < 4.78 is 0. The fraction of sp³-hybridized carbons (Fsp3) is 0.538. The number of hydrogen-bond donors (Lipinski definition) is 1. The number of rotatable bonds is 3. The Morgan fingerprint density at radius 1 is 1.55 bits per heavy atom. The molecule has 2 unspecified atom stereocenters. The lowest BCUT2D eigenvalue weighted by molar-refractivity contribution is 0.0699. The molecular formula is C13H17Cl2N3O2. The van der Waals surface area contributed by atoms with Crippen molar-refractivity contribution in [3.8, 4) is 0 Å². The van der Waals surface area contributed by atoms with Gasteiger partial charge in [-0.3, -0.25) is 4.79 Å². The molecule has 0 saturated carbocycles. The van der Waals surface area contributed by atoms with Crippen LogP contribution in [0.1, 0.15) is 16.8 Å². The molecule has 5 nitrogen and oxygen atoms in total. The molecule has 7 heteroatoms. The van der Waals surface area contributed by atoms with E-state index < -0.39 is 6.10 Å². The number of carbonyl (C=O) groups is 1. The number of hydrogen-bond acceptors (Lipinski definition) is 4. The molecule has 1 N–H and O–H groups in total. The Balaban J connectivity index is 2.24. The van der Waals surface area contributed by atoms with Crippen LogP contribution in [0, 0.1) is 0 Å². The van der Waals surface area contributed by atoms with Gasteiger partial charge in [0.25, 0.3) is 5.91 Å². The first-order valence-corrected chi connectivity index (χ1v) is 7.09. The minimum Gasteiger partial charge on any atom is -0.391 e. The maximum atomic E-state index is 12.6. The van der Waals surface area contributed by atoms with Crippen LogP contribution in [0.25, 0.3) is 0 Å². The summed E-state index contributed by atoms with van der Waals surface area (Å²) in [4.78, 5) is 20.1. The molecule has 0 aliphatic carbocycles. The maximum absolute atomic E-state index is 12.6. The van der Waals surface area contributed by atoms with Gasteiger partial charge in [-0.05, 0) is 26.6 Å². The van der Waals surface area contributed by atoms with Gasteiger partial charge in [0.2, 0.25) is 0 Å². The Morgan fingerprint density at radius 3 is 2.90 bits per heavy atom. The first-order chi connectivity index (χ1) is 9.38. The van der Waals surface area contributed by atoms with Crippen LogP contribution in [-0.4, -0.2) is 65.1 Å². The molecule has 1 fully saturated rings. The minimum atomic E-state index is -0.500. The molecule has 1 amide bonds. The third-order valence-corrected chi connectivity index (χ3v) is 3.79. The van der Waals surface area contributed by atoms with Crippen molar-refractivity contribution < 1.29 is 9.90 Å². The van der Waals surface area contributed by atoms with Crippen LogP contribution < -0.4 is 0 Å². The van der Waals surface area contributed by atoms with Crippen molar-refractivity contribution in [2.75, 3.05) is 27.2 Å². The van der Waals surface area contributed by atoms with E-state index in [9.17, 15) is 9.90 Å². The van der Waals surface area contributed by atoms with E-state index in [1.54, 1.807) is 4.90 Å². The fourth-order valence-electron chi connectivity index (χ4n) is 2.47. The van der Waals surface area contributed by atoms with E-state index in [0.29, 0.717) is 25.1 Å². The van der Waals surface area contributed by atoms with Crippen LogP contribution in [0.5, 0.6) is 0 Å². The normalized spacial score (nSPS) is 22.6. The summed E-state index contributed by atoms with van der Waals surface area (Å²) in [5.74, 6) is -0.220. The number of likely N-dealkylation sites (N-methyl/N-ethyl adjacent to an activating group) is 1. The van der Waals surface area contributed by atoms with Crippen LogP contribution in [0.2, 0.25) is 10.2 Å². The quantitative estimate of drug-likeness (QED) is 0.859. The molecule has 110 valence electrons. The smallest absolute Gasteiger partial charge is 0.255 e. The number of β-amino-alcohol motifs (C(OH)–C–C–N with tert-alkyl or cyclic N) is 1. The lowest BCUT2D eigenvalue weighted by Crippen LogP contribution is -2.41. The van der Waals surface area contributed by atoms with Crippen molar-refractivity contribution in [2.24, 2.45) is 0 Å². The predicted octanol–water partition coefficient (Wildman–Crippen LogP) is 1.53. The van der Waals surface area contributed by atoms with E-state index >= 15 is 0 Å². The number of aliphatic hydroxyl groups is 1. The van der Waals surface area contributed by atoms with Gasteiger partial charge in [-0.15, -0.1) is 0 Å². The van der Waals surface area contributed by atoms with Crippen LogP contribution in [0.4, 0.5) is 0 Å². The highest BCUT2D eigenvalue weighted by Crippen LogP contribution is 2.25. The third kappa shape index (κ3) is 3.41. The molecule has 2 rings (SSSR count). The zero-order valence-corrected chi connectivity index (χ0v) is 12.9. The second-order valence-electron chi connectivity index (χ2n) is 5.25. The maximum Gasteiger partial charge on any atom is 0.255 e. The van der Waals surface area contributed by atoms with Gasteiger partial charge in [0.15, 0.2) is 0 Å². The predicted molar refractivity (Wildman–Crippen MR) is 78.3 cm³/mol. The molecule has 0 radical (unpaired) electrons. The van der Waals surface area contributed by atoms with E-state index in [-0.39, 0.29) is 22.1 Å². The summed E-state index contributed by atoms with van der Waals surface area (Å²) in [5, 5.41) is 10.3. The molecule has 1 aliphatic heterocycles. The van der Waals surface area contributed by atoms with E-state index in [0.717, 1.165) is 0 Å². The van der Waals surface area contributed by atoms with Gasteiger partial charge in [0.05, 0.1) is 16.7 Å². The highest BCUT2D eigenvalue weighted by atomic mass is 35.5. The summed E-state index contributed by atoms with van der Waals surface area (Å²) in [6, 6.07) is 1.43. The minimum absolute atomic E-state index is 0.0319. The van der Waals surface area contributed by atoms with E-state index in [2.05, 4.69) is 4.98 Å². The Labute approximate surface area is 128 Å². The van der Waals surface area contributed by atoms with Crippen LogP contribution in [0.15, 0.2) is 12.3 Å². The standard InChI is InChI=1S/C13H17Cl2N3O2/c1-17(2)6-8-3-9(19)7-18(8)13(20)10-4-12(15)16-5-11(10)14/h4-5,8-9,19H,3,6-7H2,1-2H3. The van der Waals surface area contributed by atoms with E-state index in [1.165, 1.54) is 12.3 Å². The monoisotopic (exact) mass is 317 g/mol. The van der Waals surface area contributed by atoms with Crippen LogP contribution >= 0.6 is 23.2 Å². The molecular weight excluding hydrogens is 301 g/mol. The average Bonchev–Trinajstić information content (AvgIpc) is 2.71. The first-order valence-electron chi connectivity index (χ1n) is 6.33. The number of aromatic nitrogens is 1. The highest BCUT2D eigenvalue weighted by molar-refractivity contribution is 6.35. The lowest BCUT2D eigenvalue weighted by atomic mass is 10.1. The second kappa shape index (κ2) is 6.26. The van der Waals surface area contributed by atoms with Crippen molar-refractivity contribution >= 4 is 29.1 Å². The van der Waals surface area contributed by atoms with Crippen molar-refractivity contribution in [1.82, 2.24) is 14.8 Å². The molecule has 0 bridgehead atoms. The van der Waals surface area contributed by atoms with Gasteiger partial charge in [0.1, 0.15) is 5.15 Å². The molecule has 2 heterocycles. The molecule has 1 saturated heterocycles. The molecule has 0 aromatic carbocycles. The molecule has 1 aromatic heterocycles. The fourth-order valence-corrected chi connectivity index (χ4v) is 2.81. The topological polar surface area (TPSA) is 56.7 Å². The van der Waals surface area contributed by atoms with Crippen molar-refractivity contribution in [3.05, 3.63) is 28.0 Å². The second-order valence-corrected chi connectivity index (χ2v) is 6.04. The van der Waals surface area contributed by atoms with Gasteiger partial charge in [-0.2, -0.15) is 0 Å². The van der Waals surface area contributed by atoms with Crippen molar-refractivity contribution in [1.29, 1.82) is 0 Å². The summed E-state index contributed by atoms with van der Waals surface area (Å²) in [6.07, 6.45) is 1.44. The number of likely N-dealkylation sites (tertiary alicyclic amines) is 1. The Bertz CT molecular complexity index is 510. The first kappa shape index (κ1) is 15.5. The number of aliphatic hydroxyl groups excluding tert-OH is 1. The summed E-state index contributed by atoms with van der Waals surface area (Å²) in [5.41, 5.74) is 0.324. The number of nitrogens with zero attached hydrogens (tertiary/aromatic N) is 3. The van der Waals surface area contributed by atoms with Crippen LogP contribution in [0.3, 0.4) is 0 Å². The third-order valence-electron chi connectivity index (χ3n) is 3.28. The summed E-state index contributed by atoms with van der Waals surface area (Å²) >= 11 is 11.8. The molecule has 2 atom stereocenters. The number of halogens is 2. The van der Waals surface area contributed by atoms with Gasteiger partial charge < -0.3 is 14.9 Å². The molecule has 1 aromatic rings. The summed E-state index contributed by atoms with van der Waals surface area (Å²) in [7, 11) is 3.87. The number of pyridine rings is 1. The van der Waals surface area contributed by atoms with Crippen LogP contribution in [-0.2, 0) is 0 Å². The Kier molecular flexibility index (Phi) is 4.86. The zero-order chi connectivity index (χ0) is 14.9. The SMILES string of the molecule is CN(C)CC1CC(O)CN1C(=O)c1cc(Cl)ncc1Cl. The number of amides is 1. The van der Waals surface area contributed by atoms with E-state index in [4.69, 9.17) is 23.2 Å². The van der Waals surface area contributed by atoms with Gasteiger partial charge in [-0.1, -0.05) is 23.2 Å². The highest BCUT2D eigenvalue weighted by Gasteiger charge is 2.35. The Morgan fingerprint density at radius 2 is 2.25 bits per heavy atom. The molecule has 1 aliphatic rings. The lowest BCUT2D eigenvalue weighted by Gasteiger charge is -2.27. The largest absolute Gasteiger partial charge is 0.391 e. The van der Waals surface area contributed by atoms with Crippen molar-refractivity contribution in [3.63, 3.8) is 0 Å². The van der Waals surface area contributed by atoms with Gasteiger partial charge in [0, 0.05) is 25.3 Å². The van der Waals surface area contributed by atoms with E-state index in [1.807, 2.05) is 19.0 Å². The van der Waals surface area contributed by atoms with Crippen molar-refractivity contribution in [2.45, 2.75) is 18.6 Å². The molecule has 0 spiro atoms. The Hall–Kier alpha value is -0.880. The number of carbonyl (C=O) groups excluding carboxylic acids is 1. The van der Waals surface area contributed by atoms with Gasteiger partial charge >= 0.3 is 0 Å². The summed E-state index contributed by atoms with van der Waals surface area (Å²) in [6.45, 7) is 1.01. The average molecular weight is 318 g/mol. The zero-order valence-electron chi connectivity index (χ0n) is 11.4. The molecule has 20 heavy (non-hydrogen) atoms.